The third kappa shape index (κ3) is 4.86. The molecule has 2 aliphatic heterocycles. The highest BCUT2D eigenvalue weighted by Gasteiger charge is 2.27. The second kappa shape index (κ2) is 9.36. The number of carbonyl (C=O) groups is 1. The molecule has 7 heteroatoms. The number of carbonyl (C=O) groups excluding carboxylic acids is 1. The van der Waals surface area contributed by atoms with Crippen molar-refractivity contribution < 1.29 is 14.3 Å². The molecule has 0 N–H and O–H groups in total. The number of hydrogen-bond donors (Lipinski definition) is 0. The van der Waals surface area contributed by atoms with Gasteiger partial charge in [0.05, 0.1) is 12.0 Å². The summed E-state index contributed by atoms with van der Waals surface area (Å²) in [5.74, 6) is 1.12. The van der Waals surface area contributed by atoms with Gasteiger partial charge in [0, 0.05) is 26.2 Å². The fourth-order valence-corrected chi connectivity index (χ4v) is 4.28. The van der Waals surface area contributed by atoms with Crippen molar-refractivity contribution in [2.24, 2.45) is 4.99 Å². The summed E-state index contributed by atoms with van der Waals surface area (Å²) in [7, 11) is 3.73. The van der Waals surface area contributed by atoms with Crippen molar-refractivity contribution >= 4 is 28.9 Å². The molecule has 2 aromatic rings. The van der Waals surface area contributed by atoms with Gasteiger partial charge >= 0.3 is 0 Å². The Morgan fingerprint density at radius 2 is 1.83 bits per heavy atom. The minimum absolute atomic E-state index is 0.183. The van der Waals surface area contributed by atoms with Crippen molar-refractivity contribution in [3.8, 4) is 11.5 Å². The molecule has 0 aromatic heterocycles. The van der Waals surface area contributed by atoms with Gasteiger partial charge in [0.25, 0.3) is 5.91 Å². The molecule has 1 fully saturated rings. The number of methoxy groups -OCH3 is 1. The van der Waals surface area contributed by atoms with Gasteiger partial charge in [-0.05, 0) is 48.1 Å². The lowest BCUT2D eigenvalue weighted by atomic mass is 10.2. The molecule has 6 nitrogen and oxygen atoms in total. The fraction of sp³-hybridized carbons (Fsp3) is 0.304. The Kier molecular flexibility index (Phi) is 6.40. The number of aliphatic imine (C=N–C) groups is 1. The molecule has 0 aliphatic carbocycles. The van der Waals surface area contributed by atoms with Crippen LogP contribution in [0, 0.1) is 0 Å². The number of likely N-dealkylation sites (N-methyl/N-ethyl adjacent to an activating group) is 1. The van der Waals surface area contributed by atoms with Crippen LogP contribution >= 0.6 is 11.8 Å². The Bertz CT molecular complexity index is 967. The van der Waals surface area contributed by atoms with Crippen molar-refractivity contribution in [3.05, 3.63) is 64.6 Å². The number of ether oxygens (including phenoxy) is 2. The average Bonchev–Trinajstić information content (AvgIpc) is 3.14. The molecule has 2 aliphatic rings. The molecule has 0 unspecified atom stereocenters. The van der Waals surface area contributed by atoms with Gasteiger partial charge in [-0.1, -0.05) is 36.4 Å². The first-order chi connectivity index (χ1) is 14.6. The fourth-order valence-electron chi connectivity index (χ4n) is 3.31. The number of rotatable bonds is 5. The highest BCUT2D eigenvalue weighted by molar-refractivity contribution is 8.18. The van der Waals surface area contributed by atoms with E-state index in [4.69, 9.17) is 9.47 Å². The van der Waals surface area contributed by atoms with E-state index in [9.17, 15) is 4.79 Å². The summed E-state index contributed by atoms with van der Waals surface area (Å²) in [6.07, 6.45) is 1.86. The number of amides is 1. The van der Waals surface area contributed by atoms with Crippen molar-refractivity contribution in [3.63, 3.8) is 0 Å². The summed E-state index contributed by atoms with van der Waals surface area (Å²) in [6.45, 7) is 4.21. The summed E-state index contributed by atoms with van der Waals surface area (Å²) in [5.41, 5.74) is 1.97. The molecule has 0 radical (unpaired) electrons. The Hall–Kier alpha value is -2.77. The lowest BCUT2D eigenvalue weighted by Crippen LogP contribution is -2.46. The standard InChI is InChI=1S/C23H25N3O3S/c1-25-10-12-26(13-11-25)23-24-22(27)21(30-23)15-18-8-9-19(20(14-18)28-2)29-16-17-6-4-3-5-7-17/h3-9,14-15H,10-13,16H2,1-2H3/b21-15+. The number of thioether (sulfide) groups is 1. The monoisotopic (exact) mass is 423 g/mol. The second-order valence-corrected chi connectivity index (χ2v) is 8.29. The Labute approximate surface area is 181 Å². The molecule has 0 saturated carbocycles. The first-order valence-electron chi connectivity index (χ1n) is 9.93. The molecule has 156 valence electrons. The van der Waals surface area contributed by atoms with Gasteiger partial charge in [-0.3, -0.25) is 4.79 Å². The van der Waals surface area contributed by atoms with E-state index < -0.39 is 0 Å². The largest absolute Gasteiger partial charge is 0.493 e. The summed E-state index contributed by atoms with van der Waals surface area (Å²) in [6, 6.07) is 15.7. The van der Waals surface area contributed by atoms with Crippen LogP contribution in [-0.2, 0) is 11.4 Å². The molecule has 1 amide bonds. The summed E-state index contributed by atoms with van der Waals surface area (Å²) < 4.78 is 11.4. The van der Waals surface area contributed by atoms with Crippen LogP contribution in [0.5, 0.6) is 11.5 Å². The first-order valence-corrected chi connectivity index (χ1v) is 10.7. The van der Waals surface area contributed by atoms with Gasteiger partial charge in [0.15, 0.2) is 16.7 Å². The van der Waals surface area contributed by atoms with Crippen molar-refractivity contribution in [1.29, 1.82) is 0 Å². The van der Waals surface area contributed by atoms with Crippen LogP contribution in [0.15, 0.2) is 58.4 Å². The van der Waals surface area contributed by atoms with E-state index in [-0.39, 0.29) is 5.91 Å². The Balaban J connectivity index is 1.44. The van der Waals surface area contributed by atoms with E-state index in [1.165, 1.54) is 11.8 Å². The maximum absolute atomic E-state index is 12.4. The van der Waals surface area contributed by atoms with Crippen LogP contribution in [0.25, 0.3) is 6.08 Å². The van der Waals surface area contributed by atoms with Crippen LogP contribution < -0.4 is 9.47 Å². The Morgan fingerprint density at radius 1 is 1.07 bits per heavy atom. The third-order valence-electron chi connectivity index (χ3n) is 5.11. The van der Waals surface area contributed by atoms with E-state index in [1.807, 2.05) is 54.6 Å². The zero-order valence-electron chi connectivity index (χ0n) is 17.2. The number of amidine groups is 1. The van der Waals surface area contributed by atoms with Gasteiger partial charge in [-0.25, -0.2) is 0 Å². The number of benzene rings is 2. The summed E-state index contributed by atoms with van der Waals surface area (Å²) in [5, 5.41) is 0.800. The highest BCUT2D eigenvalue weighted by Crippen LogP contribution is 2.33. The Morgan fingerprint density at radius 3 is 2.57 bits per heavy atom. The maximum Gasteiger partial charge on any atom is 0.286 e. The van der Waals surface area contributed by atoms with Crippen LogP contribution in [0.1, 0.15) is 11.1 Å². The SMILES string of the molecule is COc1cc(/C=C2/SC(N3CCN(C)CC3)=NC2=O)ccc1OCc1ccccc1. The molecule has 0 spiro atoms. The molecule has 2 heterocycles. The summed E-state index contributed by atoms with van der Waals surface area (Å²) in [4.78, 5) is 21.8. The number of nitrogens with zero attached hydrogens (tertiary/aromatic N) is 3. The summed E-state index contributed by atoms with van der Waals surface area (Å²) >= 11 is 1.44. The molecular weight excluding hydrogens is 398 g/mol. The maximum atomic E-state index is 12.4. The molecule has 2 aromatic carbocycles. The molecule has 30 heavy (non-hydrogen) atoms. The molecule has 0 bridgehead atoms. The third-order valence-corrected chi connectivity index (χ3v) is 6.15. The topological polar surface area (TPSA) is 54.4 Å². The van der Waals surface area contributed by atoms with E-state index in [2.05, 4.69) is 21.8 Å². The van der Waals surface area contributed by atoms with Gasteiger partial charge in [-0.15, -0.1) is 0 Å². The van der Waals surface area contributed by atoms with E-state index in [1.54, 1.807) is 7.11 Å². The predicted octanol–water partition coefficient (Wildman–Crippen LogP) is 3.49. The molecular formula is C23H25N3O3S. The number of piperazine rings is 1. The average molecular weight is 424 g/mol. The van der Waals surface area contributed by atoms with E-state index in [0.717, 1.165) is 42.5 Å². The zero-order chi connectivity index (χ0) is 20.9. The van der Waals surface area contributed by atoms with Crippen LogP contribution in [0.4, 0.5) is 0 Å². The predicted molar refractivity (Wildman–Crippen MR) is 121 cm³/mol. The lowest BCUT2D eigenvalue weighted by molar-refractivity contribution is -0.113. The van der Waals surface area contributed by atoms with Gasteiger partial charge in [0.2, 0.25) is 0 Å². The van der Waals surface area contributed by atoms with Gasteiger partial charge in [-0.2, -0.15) is 4.99 Å². The molecule has 0 atom stereocenters. The highest BCUT2D eigenvalue weighted by atomic mass is 32.2. The van der Waals surface area contributed by atoms with Crippen molar-refractivity contribution in [1.82, 2.24) is 9.80 Å². The van der Waals surface area contributed by atoms with Crippen LogP contribution in [0.2, 0.25) is 0 Å². The second-order valence-electron chi connectivity index (χ2n) is 7.29. The normalized spacial score (nSPS) is 18.6. The van der Waals surface area contributed by atoms with Gasteiger partial charge < -0.3 is 19.3 Å². The first kappa shape index (κ1) is 20.5. The lowest BCUT2D eigenvalue weighted by Gasteiger charge is -2.32. The van der Waals surface area contributed by atoms with Crippen LogP contribution in [-0.4, -0.2) is 61.2 Å². The van der Waals surface area contributed by atoms with E-state index in [0.29, 0.717) is 23.0 Å². The number of hydrogen-bond acceptors (Lipinski definition) is 6. The van der Waals surface area contributed by atoms with Crippen molar-refractivity contribution in [2.45, 2.75) is 6.61 Å². The minimum atomic E-state index is -0.183. The van der Waals surface area contributed by atoms with E-state index >= 15 is 0 Å². The smallest absolute Gasteiger partial charge is 0.286 e. The van der Waals surface area contributed by atoms with Gasteiger partial charge in [0.1, 0.15) is 6.61 Å². The quantitative estimate of drug-likeness (QED) is 0.687. The minimum Gasteiger partial charge on any atom is -0.493 e. The van der Waals surface area contributed by atoms with Crippen LogP contribution in [0.3, 0.4) is 0 Å². The zero-order valence-corrected chi connectivity index (χ0v) is 18.0. The molecule has 1 saturated heterocycles. The van der Waals surface area contributed by atoms with Crippen molar-refractivity contribution in [2.75, 3.05) is 40.3 Å². The molecule has 4 rings (SSSR count).